The number of carbonyl (C=O) groups excluding carboxylic acids is 2. The van der Waals surface area contributed by atoms with Gasteiger partial charge in [0.1, 0.15) is 18.0 Å². The minimum Gasteiger partial charge on any atom is -0.491 e. The predicted molar refractivity (Wildman–Crippen MR) is 82.1 cm³/mol. The van der Waals surface area contributed by atoms with Crippen molar-refractivity contribution < 1.29 is 23.8 Å². The van der Waals surface area contributed by atoms with Gasteiger partial charge in [-0.2, -0.15) is 0 Å². The van der Waals surface area contributed by atoms with Crippen LogP contribution in [0.4, 0.5) is 4.79 Å². The van der Waals surface area contributed by atoms with E-state index in [1.165, 1.54) is 7.11 Å². The maximum Gasteiger partial charge on any atom is 0.407 e. The molecule has 1 aromatic carbocycles. The summed E-state index contributed by atoms with van der Waals surface area (Å²) in [6.45, 7) is 7.51. The molecule has 0 saturated carbocycles. The first-order valence-electron chi connectivity index (χ1n) is 7.02. The highest BCUT2D eigenvalue weighted by Gasteiger charge is 2.17. The highest BCUT2D eigenvalue weighted by molar-refractivity contribution is 5.89. The second kappa shape index (κ2) is 7.68. The van der Waals surface area contributed by atoms with E-state index in [1.54, 1.807) is 45.0 Å². The SMILES string of the molecule is COC(=O)c1ccc(OC[C@H](C)NC(=O)OC(C)(C)C)cc1. The number of benzene rings is 1. The van der Waals surface area contributed by atoms with E-state index in [2.05, 4.69) is 10.1 Å². The first-order chi connectivity index (χ1) is 10.2. The van der Waals surface area contributed by atoms with Crippen molar-refractivity contribution in [1.82, 2.24) is 5.32 Å². The van der Waals surface area contributed by atoms with Gasteiger partial charge in [0.2, 0.25) is 0 Å². The second-order valence-electron chi connectivity index (χ2n) is 5.87. The van der Waals surface area contributed by atoms with E-state index in [0.29, 0.717) is 11.3 Å². The van der Waals surface area contributed by atoms with Gasteiger partial charge in [-0.25, -0.2) is 9.59 Å². The summed E-state index contributed by atoms with van der Waals surface area (Å²) in [4.78, 5) is 22.9. The van der Waals surface area contributed by atoms with Gasteiger partial charge in [-0.05, 0) is 52.0 Å². The van der Waals surface area contributed by atoms with Crippen molar-refractivity contribution in [3.05, 3.63) is 29.8 Å². The van der Waals surface area contributed by atoms with E-state index < -0.39 is 17.7 Å². The zero-order valence-electron chi connectivity index (χ0n) is 13.6. The number of methoxy groups -OCH3 is 1. The smallest absolute Gasteiger partial charge is 0.407 e. The van der Waals surface area contributed by atoms with Gasteiger partial charge in [0.05, 0.1) is 18.7 Å². The molecule has 0 radical (unpaired) electrons. The third-order valence-electron chi connectivity index (χ3n) is 2.54. The van der Waals surface area contributed by atoms with Crippen molar-refractivity contribution in [2.75, 3.05) is 13.7 Å². The Bertz CT molecular complexity index is 504. The molecular weight excluding hydrogens is 286 g/mol. The van der Waals surface area contributed by atoms with Crippen LogP contribution in [0, 0.1) is 0 Å². The fourth-order valence-electron chi connectivity index (χ4n) is 1.58. The number of rotatable bonds is 5. The summed E-state index contributed by atoms with van der Waals surface area (Å²) in [6, 6.07) is 6.37. The largest absolute Gasteiger partial charge is 0.491 e. The standard InChI is InChI=1S/C16H23NO5/c1-11(17-15(19)22-16(2,3)4)10-21-13-8-6-12(7-9-13)14(18)20-5/h6-9,11H,10H2,1-5H3,(H,17,19)/t11-/m0/s1. The van der Waals surface area contributed by atoms with Crippen LogP contribution in [-0.4, -0.2) is 37.4 Å². The van der Waals surface area contributed by atoms with Crippen LogP contribution in [0.2, 0.25) is 0 Å². The van der Waals surface area contributed by atoms with E-state index in [-0.39, 0.29) is 12.6 Å². The summed E-state index contributed by atoms with van der Waals surface area (Å²) in [6.07, 6.45) is -0.482. The molecule has 0 bridgehead atoms. The predicted octanol–water partition coefficient (Wildman–Crippen LogP) is 2.77. The summed E-state index contributed by atoms with van der Waals surface area (Å²) in [5, 5.41) is 2.69. The molecule has 6 heteroatoms. The van der Waals surface area contributed by atoms with Gasteiger partial charge in [-0.15, -0.1) is 0 Å². The molecule has 0 aliphatic heterocycles. The molecular formula is C16H23NO5. The lowest BCUT2D eigenvalue weighted by Gasteiger charge is -2.22. The van der Waals surface area contributed by atoms with Gasteiger partial charge in [0.15, 0.2) is 0 Å². The molecule has 122 valence electrons. The number of hydrogen-bond donors (Lipinski definition) is 1. The minimum atomic E-state index is -0.533. The van der Waals surface area contributed by atoms with Crippen LogP contribution in [0.5, 0.6) is 5.75 Å². The number of carbonyl (C=O) groups is 2. The van der Waals surface area contributed by atoms with Crippen LogP contribution in [-0.2, 0) is 9.47 Å². The number of nitrogens with one attached hydrogen (secondary N) is 1. The number of hydrogen-bond acceptors (Lipinski definition) is 5. The van der Waals surface area contributed by atoms with Crippen molar-refractivity contribution in [3.8, 4) is 5.75 Å². The highest BCUT2D eigenvalue weighted by Crippen LogP contribution is 2.13. The average molecular weight is 309 g/mol. The van der Waals surface area contributed by atoms with Gasteiger partial charge < -0.3 is 19.5 Å². The van der Waals surface area contributed by atoms with Crippen LogP contribution >= 0.6 is 0 Å². The fourth-order valence-corrected chi connectivity index (χ4v) is 1.58. The average Bonchev–Trinajstić information content (AvgIpc) is 2.42. The molecule has 0 aromatic heterocycles. The molecule has 0 saturated heterocycles. The van der Waals surface area contributed by atoms with Crippen LogP contribution < -0.4 is 10.1 Å². The third kappa shape index (κ3) is 6.47. The molecule has 1 atom stereocenters. The summed E-state index contributed by atoms with van der Waals surface area (Å²) in [5.74, 6) is 0.206. The summed E-state index contributed by atoms with van der Waals surface area (Å²) < 4.78 is 15.3. The molecule has 1 N–H and O–H groups in total. The van der Waals surface area contributed by atoms with Crippen molar-refractivity contribution >= 4 is 12.1 Å². The zero-order chi connectivity index (χ0) is 16.8. The first kappa shape index (κ1) is 17.8. The Morgan fingerprint density at radius 2 is 1.77 bits per heavy atom. The first-order valence-corrected chi connectivity index (χ1v) is 7.02. The number of alkyl carbamates (subject to hydrolysis) is 1. The third-order valence-corrected chi connectivity index (χ3v) is 2.54. The second-order valence-corrected chi connectivity index (χ2v) is 5.87. The van der Waals surface area contributed by atoms with E-state index in [1.807, 2.05) is 6.92 Å². The maximum absolute atomic E-state index is 11.6. The van der Waals surface area contributed by atoms with Crippen LogP contribution in [0.1, 0.15) is 38.1 Å². The number of esters is 1. The molecule has 6 nitrogen and oxygen atoms in total. The highest BCUT2D eigenvalue weighted by atomic mass is 16.6. The van der Waals surface area contributed by atoms with Gasteiger partial charge in [0.25, 0.3) is 0 Å². The van der Waals surface area contributed by atoms with Gasteiger partial charge in [0, 0.05) is 0 Å². The molecule has 0 unspecified atom stereocenters. The van der Waals surface area contributed by atoms with Gasteiger partial charge in [-0.1, -0.05) is 0 Å². The summed E-state index contributed by atoms with van der Waals surface area (Å²) in [5.41, 5.74) is -0.0799. The van der Waals surface area contributed by atoms with Crippen LogP contribution in [0.3, 0.4) is 0 Å². The topological polar surface area (TPSA) is 73.9 Å². The molecule has 0 heterocycles. The van der Waals surface area contributed by atoms with Crippen molar-refractivity contribution in [2.24, 2.45) is 0 Å². The van der Waals surface area contributed by atoms with E-state index in [0.717, 1.165) is 0 Å². The van der Waals surface area contributed by atoms with Gasteiger partial charge in [-0.3, -0.25) is 0 Å². The summed E-state index contributed by atoms with van der Waals surface area (Å²) in [7, 11) is 1.33. The van der Waals surface area contributed by atoms with Crippen molar-refractivity contribution in [3.63, 3.8) is 0 Å². The maximum atomic E-state index is 11.6. The summed E-state index contributed by atoms with van der Waals surface area (Å²) >= 11 is 0. The molecule has 0 aliphatic rings. The van der Waals surface area contributed by atoms with E-state index in [4.69, 9.17) is 9.47 Å². The monoisotopic (exact) mass is 309 g/mol. The Morgan fingerprint density at radius 1 is 1.18 bits per heavy atom. The Kier molecular flexibility index (Phi) is 6.22. The quantitative estimate of drug-likeness (QED) is 0.847. The Balaban J connectivity index is 2.42. The molecule has 0 fully saturated rings. The Labute approximate surface area is 130 Å². The zero-order valence-corrected chi connectivity index (χ0v) is 13.6. The Hall–Kier alpha value is -2.24. The molecule has 0 aliphatic carbocycles. The van der Waals surface area contributed by atoms with E-state index >= 15 is 0 Å². The molecule has 0 spiro atoms. The lowest BCUT2D eigenvalue weighted by Crippen LogP contribution is -2.40. The molecule has 1 rings (SSSR count). The van der Waals surface area contributed by atoms with Crippen LogP contribution in [0.15, 0.2) is 24.3 Å². The number of ether oxygens (including phenoxy) is 3. The lowest BCUT2D eigenvalue weighted by atomic mass is 10.2. The lowest BCUT2D eigenvalue weighted by molar-refractivity contribution is 0.0492. The van der Waals surface area contributed by atoms with Crippen molar-refractivity contribution in [1.29, 1.82) is 0 Å². The minimum absolute atomic E-state index is 0.213. The normalized spacial score (nSPS) is 12.2. The molecule has 1 aromatic rings. The van der Waals surface area contributed by atoms with Crippen LogP contribution in [0.25, 0.3) is 0 Å². The Morgan fingerprint density at radius 3 is 2.27 bits per heavy atom. The molecule has 1 amide bonds. The molecule has 22 heavy (non-hydrogen) atoms. The van der Waals surface area contributed by atoms with Gasteiger partial charge >= 0.3 is 12.1 Å². The fraction of sp³-hybridized carbons (Fsp3) is 0.500. The van der Waals surface area contributed by atoms with Crippen molar-refractivity contribution in [2.45, 2.75) is 39.3 Å². The van der Waals surface area contributed by atoms with E-state index in [9.17, 15) is 9.59 Å². The number of amides is 1.